The van der Waals surface area contributed by atoms with Gasteiger partial charge in [-0.1, -0.05) is 5.16 Å². The third kappa shape index (κ3) is 3.40. The minimum Gasteiger partial charge on any atom is -0.387 e. The Morgan fingerprint density at radius 1 is 1.44 bits per heavy atom. The van der Waals surface area contributed by atoms with Crippen molar-refractivity contribution in [1.29, 1.82) is 0 Å². The molecule has 2 aliphatic heterocycles. The number of hydrogen-bond donors (Lipinski definition) is 1. The van der Waals surface area contributed by atoms with Crippen LogP contribution >= 0.6 is 11.3 Å². The van der Waals surface area contributed by atoms with Gasteiger partial charge in [0.2, 0.25) is 0 Å². The number of anilines is 1. The maximum atomic E-state index is 12.5. The first-order chi connectivity index (χ1) is 12.1. The van der Waals surface area contributed by atoms with E-state index in [-0.39, 0.29) is 11.5 Å². The van der Waals surface area contributed by atoms with Crippen LogP contribution in [0.15, 0.2) is 35.1 Å². The summed E-state index contributed by atoms with van der Waals surface area (Å²) in [6.45, 7) is 4.36. The van der Waals surface area contributed by atoms with E-state index >= 15 is 0 Å². The SMILES string of the molecule is Cc1ncccc1NC(=O)C1=NO[C@]2(CCN(Cc3nccs3)C2)C1. The quantitative estimate of drug-likeness (QED) is 0.907. The molecule has 1 spiro atoms. The van der Waals surface area contributed by atoms with Gasteiger partial charge in [0, 0.05) is 43.7 Å². The van der Waals surface area contributed by atoms with E-state index in [0.29, 0.717) is 17.8 Å². The molecule has 1 fully saturated rings. The summed E-state index contributed by atoms with van der Waals surface area (Å²) in [6, 6.07) is 3.63. The van der Waals surface area contributed by atoms with E-state index in [1.165, 1.54) is 0 Å². The third-order valence-electron chi connectivity index (χ3n) is 4.59. The lowest BCUT2D eigenvalue weighted by atomic mass is 9.96. The van der Waals surface area contributed by atoms with Gasteiger partial charge >= 0.3 is 0 Å². The first kappa shape index (κ1) is 16.2. The first-order valence-corrected chi connectivity index (χ1v) is 9.10. The van der Waals surface area contributed by atoms with Crippen molar-refractivity contribution in [2.24, 2.45) is 5.16 Å². The molecule has 2 aliphatic rings. The van der Waals surface area contributed by atoms with Crippen LogP contribution < -0.4 is 5.32 Å². The second kappa shape index (κ2) is 6.53. The molecule has 0 radical (unpaired) electrons. The number of nitrogens with one attached hydrogen (secondary N) is 1. The fraction of sp³-hybridized carbons (Fsp3) is 0.412. The average Bonchev–Trinajstić information content (AvgIpc) is 3.33. The van der Waals surface area contributed by atoms with E-state index in [0.717, 1.165) is 36.8 Å². The largest absolute Gasteiger partial charge is 0.387 e. The molecule has 0 aliphatic carbocycles. The first-order valence-electron chi connectivity index (χ1n) is 8.22. The summed E-state index contributed by atoms with van der Waals surface area (Å²) in [5.41, 5.74) is 1.54. The Morgan fingerprint density at radius 3 is 3.16 bits per heavy atom. The third-order valence-corrected chi connectivity index (χ3v) is 5.36. The molecule has 0 unspecified atom stereocenters. The molecule has 4 rings (SSSR count). The molecule has 1 saturated heterocycles. The van der Waals surface area contributed by atoms with Crippen LogP contribution in [0.5, 0.6) is 0 Å². The highest BCUT2D eigenvalue weighted by Crippen LogP contribution is 2.34. The van der Waals surface area contributed by atoms with Crippen LogP contribution in [-0.2, 0) is 16.2 Å². The second-order valence-corrected chi connectivity index (χ2v) is 7.45. The lowest BCUT2D eigenvalue weighted by Gasteiger charge is -2.21. The van der Waals surface area contributed by atoms with Crippen LogP contribution in [0.3, 0.4) is 0 Å². The normalized spacial score (nSPS) is 22.8. The Kier molecular flexibility index (Phi) is 4.22. The van der Waals surface area contributed by atoms with Crippen LogP contribution in [0.4, 0.5) is 5.69 Å². The Hall–Kier alpha value is -2.32. The lowest BCUT2D eigenvalue weighted by Crippen LogP contribution is -2.35. The average molecular weight is 357 g/mol. The zero-order valence-corrected chi connectivity index (χ0v) is 14.8. The van der Waals surface area contributed by atoms with Gasteiger partial charge in [0.1, 0.15) is 10.7 Å². The molecule has 0 saturated carbocycles. The molecule has 1 atom stereocenters. The molecule has 0 aromatic carbocycles. The van der Waals surface area contributed by atoms with Gasteiger partial charge in [-0.05, 0) is 19.1 Å². The van der Waals surface area contributed by atoms with Crippen LogP contribution in [0, 0.1) is 6.92 Å². The summed E-state index contributed by atoms with van der Waals surface area (Å²) < 4.78 is 0. The molecule has 7 nitrogen and oxygen atoms in total. The van der Waals surface area contributed by atoms with Gasteiger partial charge in [0.15, 0.2) is 5.60 Å². The monoisotopic (exact) mass is 357 g/mol. The number of aryl methyl sites for hydroxylation is 1. The smallest absolute Gasteiger partial charge is 0.273 e. The van der Waals surface area contributed by atoms with Gasteiger partial charge in [-0.2, -0.15) is 0 Å². The van der Waals surface area contributed by atoms with E-state index in [9.17, 15) is 4.79 Å². The number of thiazole rings is 1. The predicted molar refractivity (Wildman–Crippen MR) is 95.5 cm³/mol. The van der Waals surface area contributed by atoms with Crippen LogP contribution in [-0.4, -0.2) is 45.2 Å². The highest BCUT2D eigenvalue weighted by atomic mass is 32.1. The van der Waals surface area contributed by atoms with Gasteiger partial charge in [-0.15, -0.1) is 11.3 Å². The van der Waals surface area contributed by atoms with Crippen molar-refractivity contribution in [3.63, 3.8) is 0 Å². The highest BCUT2D eigenvalue weighted by Gasteiger charge is 2.46. The molecule has 130 valence electrons. The predicted octanol–water partition coefficient (Wildman–Crippen LogP) is 2.21. The molecule has 2 aromatic heterocycles. The number of likely N-dealkylation sites (tertiary alicyclic amines) is 1. The number of carbonyl (C=O) groups excluding carboxylic acids is 1. The molecular formula is C17H19N5O2S. The zero-order valence-electron chi connectivity index (χ0n) is 13.9. The molecule has 0 bridgehead atoms. The van der Waals surface area contributed by atoms with Gasteiger partial charge < -0.3 is 10.2 Å². The van der Waals surface area contributed by atoms with Crippen molar-refractivity contribution >= 4 is 28.6 Å². The minimum absolute atomic E-state index is 0.216. The molecule has 8 heteroatoms. The van der Waals surface area contributed by atoms with Crippen molar-refractivity contribution < 1.29 is 9.63 Å². The number of carbonyl (C=O) groups is 1. The van der Waals surface area contributed by atoms with Crippen molar-refractivity contribution in [2.75, 3.05) is 18.4 Å². The Morgan fingerprint density at radius 2 is 2.36 bits per heavy atom. The van der Waals surface area contributed by atoms with E-state index in [2.05, 4.69) is 25.3 Å². The summed E-state index contributed by atoms with van der Waals surface area (Å²) in [6.07, 6.45) is 4.92. The van der Waals surface area contributed by atoms with Gasteiger partial charge in [0.05, 0.1) is 17.9 Å². The van der Waals surface area contributed by atoms with E-state index in [1.807, 2.05) is 24.6 Å². The highest BCUT2D eigenvalue weighted by molar-refractivity contribution is 7.09. The maximum absolute atomic E-state index is 12.5. The van der Waals surface area contributed by atoms with Crippen molar-refractivity contribution in [1.82, 2.24) is 14.9 Å². The number of hydrogen-bond acceptors (Lipinski definition) is 7. The number of pyridine rings is 1. The van der Waals surface area contributed by atoms with Crippen molar-refractivity contribution in [2.45, 2.75) is 31.9 Å². The van der Waals surface area contributed by atoms with Gasteiger partial charge in [0.25, 0.3) is 5.91 Å². The van der Waals surface area contributed by atoms with E-state index in [1.54, 1.807) is 23.6 Å². The van der Waals surface area contributed by atoms with Crippen molar-refractivity contribution in [3.05, 3.63) is 40.6 Å². The fourth-order valence-electron chi connectivity index (χ4n) is 3.26. The Balaban J connectivity index is 1.36. The molecule has 25 heavy (non-hydrogen) atoms. The molecule has 1 N–H and O–H groups in total. The number of nitrogens with zero attached hydrogens (tertiary/aromatic N) is 4. The van der Waals surface area contributed by atoms with Crippen LogP contribution in [0.25, 0.3) is 0 Å². The standard InChI is InChI=1S/C17H19N5O2S/c1-12-13(3-2-5-18-12)20-16(23)14-9-17(24-21-14)4-7-22(11-17)10-15-19-6-8-25-15/h2-3,5-6,8H,4,7,9-11H2,1H3,(H,20,23)/t17-/m1/s1. The lowest BCUT2D eigenvalue weighted by molar-refractivity contribution is -0.110. The summed E-state index contributed by atoms with van der Waals surface area (Å²) in [5, 5.41) is 10.0. The van der Waals surface area contributed by atoms with E-state index < -0.39 is 0 Å². The number of amides is 1. The maximum Gasteiger partial charge on any atom is 0.273 e. The summed E-state index contributed by atoms with van der Waals surface area (Å²) in [5.74, 6) is -0.216. The minimum atomic E-state index is -0.381. The second-order valence-electron chi connectivity index (χ2n) is 6.47. The Bertz CT molecular complexity index is 807. The topological polar surface area (TPSA) is 79.7 Å². The number of oxime groups is 1. The summed E-state index contributed by atoms with van der Waals surface area (Å²) in [7, 11) is 0. The zero-order chi connectivity index (χ0) is 17.3. The van der Waals surface area contributed by atoms with Gasteiger partial charge in [-0.3, -0.25) is 14.7 Å². The summed E-state index contributed by atoms with van der Waals surface area (Å²) in [4.78, 5) is 29.0. The van der Waals surface area contributed by atoms with E-state index in [4.69, 9.17) is 4.84 Å². The molecule has 1 amide bonds. The van der Waals surface area contributed by atoms with Crippen LogP contribution in [0.2, 0.25) is 0 Å². The molecular weight excluding hydrogens is 338 g/mol. The fourth-order valence-corrected chi connectivity index (χ4v) is 3.92. The molecule has 2 aromatic rings. The number of aromatic nitrogens is 2. The van der Waals surface area contributed by atoms with Gasteiger partial charge in [-0.25, -0.2) is 4.98 Å². The number of rotatable bonds is 4. The summed E-state index contributed by atoms with van der Waals surface area (Å²) >= 11 is 1.66. The Labute approximate surface area is 149 Å². The van der Waals surface area contributed by atoms with Crippen molar-refractivity contribution in [3.8, 4) is 0 Å². The molecule has 4 heterocycles. The van der Waals surface area contributed by atoms with Crippen LogP contribution in [0.1, 0.15) is 23.5 Å².